The predicted molar refractivity (Wildman–Crippen MR) is 61.6 cm³/mol. The van der Waals surface area contributed by atoms with E-state index in [-0.39, 0.29) is 11.9 Å². The topological polar surface area (TPSA) is 58.4 Å². The lowest BCUT2D eigenvalue weighted by atomic mass is 10.1. The van der Waals surface area contributed by atoms with Crippen LogP contribution in [0.15, 0.2) is 0 Å². The molecule has 3 N–H and O–H groups in total. The number of piperazine rings is 1. The molecule has 1 rings (SSSR count). The van der Waals surface area contributed by atoms with Crippen LogP contribution in [0.2, 0.25) is 0 Å². The maximum Gasteiger partial charge on any atom is 0.222 e. The fraction of sp³-hybridized carbons (Fsp3) is 0.909. The van der Waals surface area contributed by atoms with Crippen molar-refractivity contribution in [3.63, 3.8) is 0 Å². The minimum absolute atomic E-state index is 0.202. The van der Waals surface area contributed by atoms with E-state index in [0.717, 1.165) is 38.9 Å². The van der Waals surface area contributed by atoms with Crippen molar-refractivity contribution in [1.29, 1.82) is 0 Å². The average molecular weight is 213 g/mol. The summed E-state index contributed by atoms with van der Waals surface area (Å²) in [6, 6.07) is 0.202. The summed E-state index contributed by atoms with van der Waals surface area (Å²) in [5, 5.41) is 3.26. The molecule has 0 aromatic heterocycles. The highest BCUT2D eigenvalue weighted by atomic mass is 16.2. The van der Waals surface area contributed by atoms with Gasteiger partial charge in [-0.3, -0.25) is 4.79 Å². The highest BCUT2D eigenvalue weighted by Crippen LogP contribution is 2.08. The Morgan fingerprint density at radius 1 is 1.53 bits per heavy atom. The van der Waals surface area contributed by atoms with Gasteiger partial charge in [-0.2, -0.15) is 0 Å². The standard InChI is InChI=1S/C11H23N3O/c1-2-3-4-5-11(15)14-7-6-13-9-10(14)8-12/h10,13H,2-9,12H2,1H3. The van der Waals surface area contributed by atoms with E-state index in [2.05, 4.69) is 12.2 Å². The van der Waals surface area contributed by atoms with Crippen molar-refractivity contribution in [2.24, 2.45) is 5.73 Å². The number of amides is 1. The molecule has 88 valence electrons. The van der Waals surface area contributed by atoms with Gasteiger partial charge in [-0.15, -0.1) is 0 Å². The maximum absolute atomic E-state index is 11.9. The van der Waals surface area contributed by atoms with E-state index in [1.165, 1.54) is 0 Å². The third-order valence-electron chi connectivity index (χ3n) is 2.94. The number of nitrogens with two attached hydrogens (primary N) is 1. The van der Waals surface area contributed by atoms with Gasteiger partial charge in [0.05, 0.1) is 6.04 Å². The number of unbranched alkanes of at least 4 members (excludes halogenated alkanes) is 2. The molecular weight excluding hydrogens is 190 g/mol. The number of hydrogen-bond acceptors (Lipinski definition) is 3. The molecule has 1 aliphatic heterocycles. The molecule has 1 saturated heterocycles. The summed E-state index contributed by atoms with van der Waals surface area (Å²) in [7, 11) is 0. The molecule has 0 aromatic carbocycles. The van der Waals surface area contributed by atoms with Crippen molar-refractivity contribution < 1.29 is 4.79 Å². The average Bonchev–Trinajstić information content (AvgIpc) is 2.29. The Bertz CT molecular complexity index is 196. The second-order valence-electron chi connectivity index (χ2n) is 4.14. The van der Waals surface area contributed by atoms with E-state index in [1.807, 2.05) is 4.90 Å². The van der Waals surface area contributed by atoms with E-state index in [4.69, 9.17) is 5.73 Å². The van der Waals surface area contributed by atoms with Gasteiger partial charge in [-0.05, 0) is 6.42 Å². The van der Waals surface area contributed by atoms with Gasteiger partial charge in [0.25, 0.3) is 0 Å². The van der Waals surface area contributed by atoms with Crippen LogP contribution in [0.1, 0.15) is 32.6 Å². The molecule has 0 aliphatic carbocycles. The highest BCUT2D eigenvalue weighted by molar-refractivity contribution is 5.76. The SMILES string of the molecule is CCCCCC(=O)N1CCNCC1CN. The van der Waals surface area contributed by atoms with Crippen LogP contribution in [0.3, 0.4) is 0 Å². The van der Waals surface area contributed by atoms with Gasteiger partial charge in [0.15, 0.2) is 0 Å². The summed E-state index contributed by atoms with van der Waals surface area (Å²) in [6.45, 7) is 5.27. The van der Waals surface area contributed by atoms with Crippen LogP contribution in [0, 0.1) is 0 Å². The highest BCUT2D eigenvalue weighted by Gasteiger charge is 2.24. The van der Waals surface area contributed by atoms with Crippen LogP contribution in [0.4, 0.5) is 0 Å². The van der Waals surface area contributed by atoms with Crippen molar-refractivity contribution >= 4 is 5.91 Å². The fourth-order valence-corrected chi connectivity index (χ4v) is 1.97. The van der Waals surface area contributed by atoms with Gasteiger partial charge in [-0.1, -0.05) is 19.8 Å². The Labute approximate surface area is 92.2 Å². The number of carbonyl (C=O) groups excluding carboxylic acids is 1. The van der Waals surface area contributed by atoms with E-state index in [1.54, 1.807) is 0 Å². The fourth-order valence-electron chi connectivity index (χ4n) is 1.97. The van der Waals surface area contributed by atoms with Crippen molar-refractivity contribution in [3.8, 4) is 0 Å². The van der Waals surface area contributed by atoms with Gasteiger partial charge in [0, 0.05) is 32.6 Å². The minimum atomic E-state index is 0.202. The van der Waals surface area contributed by atoms with Gasteiger partial charge < -0.3 is 16.0 Å². The quantitative estimate of drug-likeness (QED) is 0.647. The third-order valence-corrected chi connectivity index (χ3v) is 2.94. The first-order valence-corrected chi connectivity index (χ1v) is 5.99. The molecule has 0 bridgehead atoms. The zero-order chi connectivity index (χ0) is 11.1. The summed E-state index contributed by atoms with van der Waals surface area (Å²) in [5.74, 6) is 0.278. The molecule has 1 heterocycles. The third kappa shape index (κ3) is 3.80. The Morgan fingerprint density at radius 2 is 2.33 bits per heavy atom. The molecule has 0 saturated carbocycles. The lowest BCUT2D eigenvalue weighted by Gasteiger charge is -2.35. The Balaban J connectivity index is 2.34. The normalized spacial score (nSPS) is 21.7. The molecule has 1 amide bonds. The first-order chi connectivity index (χ1) is 7.29. The van der Waals surface area contributed by atoms with E-state index >= 15 is 0 Å². The van der Waals surface area contributed by atoms with E-state index in [9.17, 15) is 4.79 Å². The monoisotopic (exact) mass is 213 g/mol. The molecular formula is C11H23N3O. The number of carbonyl (C=O) groups is 1. The molecule has 1 atom stereocenters. The first-order valence-electron chi connectivity index (χ1n) is 5.99. The van der Waals surface area contributed by atoms with E-state index in [0.29, 0.717) is 13.0 Å². The van der Waals surface area contributed by atoms with Crippen LogP contribution >= 0.6 is 0 Å². The van der Waals surface area contributed by atoms with Gasteiger partial charge >= 0.3 is 0 Å². The molecule has 1 unspecified atom stereocenters. The Hall–Kier alpha value is -0.610. The lowest BCUT2D eigenvalue weighted by molar-refractivity contribution is -0.134. The minimum Gasteiger partial charge on any atom is -0.336 e. The number of nitrogens with zero attached hydrogens (tertiary/aromatic N) is 1. The van der Waals surface area contributed by atoms with E-state index < -0.39 is 0 Å². The summed E-state index contributed by atoms with van der Waals surface area (Å²) in [5.41, 5.74) is 5.65. The zero-order valence-corrected chi connectivity index (χ0v) is 9.67. The van der Waals surface area contributed by atoms with Crippen LogP contribution in [-0.4, -0.2) is 43.0 Å². The van der Waals surface area contributed by atoms with Gasteiger partial charge in [0.2, 0.25) is 5.91 Å². The zero-order valence-electron chi connectivity index (χ0n) is 9.67. The largest absolute Gasteiger partial charge is 0.336 e. The Kier molecular flexibility index (Phi) is 5.65. The van der Waals surface area contributed by atoms with Gasteiger partial charge in [-0.25, -0.2) is 0 Å². The molecule has 15 heavy (non-hydrogen) atoms. The molecule has 0 spiro atoms. The summed E-state index contributed by atoms with van der Waals surface area (Å²) in [4.78, 5) is 13.8. The molecule has 4 heteroatoms. The predicted octanol–water partition coefficient (Wildman–Crippen LogP) is 0.326. The van der Waals surface area contributed by atoms with Crippen LogP contribution < -0.4 is 11.1 Å². The number of nitrogens with one attached hydrogen (secondary N) is 1. The molecule has 1 fully saturated rings. The smallest absolute Gasteiger partial charge is 0.222 e. The number of rotatable bonds is 5. The Morgan fingerprint density at radius 3 is 3.00 bits per heavy atom. The molecule has 1 aliphatic rings. The maximum atomic E-state index is 11.9. The van der Waals surface area contributed by atoms with Crippen molar-refractivity contribution in [2.45, 2.75) is 38.6 Å². The van der Waals surface area contributed by atoms with Gasteiger partial charge in [0.1, 0.15) is 0 Å². The van der Waals surface area contributed by atoms with Crippen molar-refractivity contribution in [3.05, 3.63) is 0 Å². The van der Waals surface area contributed by atoms with Crippen LogP contribution in [-0.2, 0) is 4.79 Å². The summed E-state index contributed by atoms with van der Waals surface area (Å²) >= 11 is 0. The second-order valence-corrected chi connectivity index (χ2v) is 4.14. The molecule has 4 nitrogen and oxygen atoms in total. The lowest BCUT2D eigenvalue weighted by Crippen LogP contribution is -2.56. The van der Waals surface area contributed by atoms with Crippen molar-refractivity contribution in [1.82, 2.24) is 10.2 Å². The number of hydrogen-bond donors (Lipinski definition) is 2. The molecule has 0 aromatic rings. The van der Waals surface area contributed by atoms with Crippen molar-refractivity contribution in [2.75, 3.05) is 26.2 Å². The summed E-state index contributed by atoms with van der Waals surface area (Å²) in [6.07, 6.45) is 4.00. The first kappa shape index (κ1) is 12.5. The summed E-state index contributed by atoms with van der Waals surface area (Å²) < 4.78 is 0. The van der Waals surface area contributed by atoms with Crippen LogP contribution in [0.5, 0.6) is 0 Å². The molecule has 0 radical (unpaired) electrons. The second kappa shape index (κ2) is 6.80. The van der Waals surface area contributed by atoms with Crippen LogP contribution in [0.25, 0.3) is 0 Å².